The van der Waals surface area contributed by atoms with Crippen molar-refractivity contribution in [3.63, 3.8) is 0 Å². The lowest BCUT2D eigenvalue weighted by atomic mass is 9.94. The number of amides is 1. The maximum absolute atomic E-state index is 14.2. The summed E-state index contributed by atoms with van der Waals surface area (Å²) >= 11 is 0. The van der Waals surface area contributed by atoms with E-state index in [1.807, 2.05) is 30.3 Å². The van der Waals surface area contributed by atoms with Gasteiger partial charge in [-0.3, -0.25) is 14.6 Å². The van der Waals surface area contributed by atoms with E-state index in [1.165, 1.54) is 0 Å². The molecule has 6 nitrogen and oxygen atoms in total. The first-order valence-corrected chi connectivity index (χ1v) is 11.2. The maximum Gasteiger partial charge on any atom is 0.253 e. The summed E-state index contributed by atoms with van der Waals surface area (Å²) in [4.78, 5) is 33.4. The topological polar surface area (TPSA) is 83.4 Å². The number of fused-ring (bicyclic) bond motifs is 1. The van der Waals surface area contributed by atoms with Crippen LogP contribution in [-0.4, -0.2) is 34.5 Å². The molecule has 0 saturated carbocycles. The van der Waals surface area contributed by atoms with Crippen LogP contribution in [0.15, 0.2) is 59.6 Å². The number of aromatic nitrogens is 1. The molecule has 36 heavy (non-hydrogen) atoms. The Morgan fingerprint density at radius 1 is 0.972 bits per heavy atom. The van der Waals surface area contributed by atoms with E-state index in [0.29, 0.717) is 17.0 Å². The van der Waals surface area contributed by atoms with Crippen molar-refractivity contribution in [2.24, 2.45) is 10.9 Å². The number of carbonyl (C=O) groups is 2. The Bertz CT molecular complexity index is 1320. The highest BCUT2D eigenvalue weighted by atomic mass is 19.2. The van der Waals surface area contributed by atoms with Gasteiger partial charge in [0.05, 0.1) is 17.4 Å². The molecule has 0 spiro atoms. The lowest BCUT2D eigenvalue weighted by molar-refractivity contribution is -0.124. The van der Waals surface area contributed by atoms with E-state index in [2.05, 4.69) is 20.6 Å². The van der Waals surface area contributed by atoms with Crippen molar-refractivity contribution < 1.29 is 27.2 Å². The number of nitrogens with zero attached hydrogens (tertiary/aromatic N) is 2. The number of ketones is 1. The Hall–Kier alpha value is -4.08. The number of benzene rings is 2. The number of nitrogens with one attached hydrogen (secondary N) is 2. The van der Waals surface area contributed by atoms with Gasteiger partial charge < -0.3 is 10.6 Å². The second-order valence-electron chi connectivity index (χ2n) is 8.63. The Morgan fingerprint density at radius 3 is 2.22 bits per heavy atom. The van der Waals surface area contributed by atoms with E-state index >= 15 is 0 Å². The SMILES string of the molecule is CC(C)[C@H](Nc1c(F)c(F)nc(F)c1F)C(=O)CC1N=C(c2ccccc2)c2ccccc2NC1=O. The fraction of sp³-hybridized carbons (Fsp3) is 0.231. The van der Waals surface area contributed by atoms with Gasteiger partial charge in [0.2, 0.25) is 17.5 Å². The number of carbonyl (C=O) groups excluding carboxylic acids is 2. The molecule has 2 heterocycles. The molecule has 0 aliphatic carbocycles. The minimum atomic E-state index is -1.84. The normalized spacial score (nSPS) is 16.0. The summed E-state index contributed by atoms with van der Waals surface area (Å²) in [6.45, 7) is 3.17. The minimum absolute atomic E-state index is 0.425. The van der Waals surface area contributed by atoms with Gasteiger partial charge >= 0.3 is 0 Å². The molecule has 1 aliphatic rings. The fourth-order valence-electron chi connectivity index (χ4n) is 3.97. The number of Topliss-reactive ketones (excluding diaryl/α,β-unsaturated/α-hetero) is 1. The van der Waals surface area contributed by atoms with E-state index in [-0.39, 0.29) is 0 Å². The van der Waals surface area contributed by atoms with E-state index < -0.39 is 65.3 Å². The third kappa shape index (κ3) is 4.98. The number of hydrogen-bond donors (Lipinski definition) is 2. The van der Waals surface area contributed by atoms with Crippen LogP contribution in [0.25, 0.3) is 0 Å². The van der Waals surface area contributed by atoms with Gasteiger partial charge in [-0.1, -0.05) is 62.4 Å². The molecule has 2 atom stereocenters. The quantitative estimate of drug-likeness (QED) is 0.359. The van der Waals surface area contributed by atoms with Crippen molar-refractivity contribution in [3.8, 4) is 0 Å². The van der Waals surface area contributed by atoms with Crippen molar-refractivity contribution in [1.82, 2.24) is 4.98 Å². The zero-order valence-electron chi connectivity index (χ0n) is 19.4. The molecular weight excluding hydrogens is 476 g/mol. The highest BCUT2D eigenvalue weighted by Gasteiger charge is 2.33. The number of benzodiazepines with no additional fused rings is 1. The fourth-order valence-corrected chi connectivity index (χ4v) is 3.97. The van der Waals surface area contributed by atoms with Crippen LogP contribution < -0.4 is 10.6 Å². The predicted octanol–water partition coefficient (Wildman–Crippen LogP) is 4.89. The van der Waals surface area contributed by atoms with Gasteiger partial charge in [0.1, 0.15) is 11.7 Å². The first-order chi connectivity index (χ1) is 17.2. The Labute approximate surface area is 204 Å². The summed E-state index contributed by atoms with van der Waals surface area (Å²) < 4.78 is 55.6. The number of hydrogen-bond acceptors (Lipinski definition) is 5. The molecule has 0 radical (unpaired) electrons. The zero-order valence-corrected chi connectivity index (χ0v) is 19.4. The summed E-state index contributed by atoms with van der Waals surface area (Å²) in [7, 11) is 0. The Morgan fingerprint density at radius 2 is 1.58 bits per heavy atom. The van der Waals surface area contributed by atoms with E-state index in [9.17, 15) is 27.2 Å². The van der Waals surface area contributed by atoms with Crippen LogP contribution in [0.2, 0.25) is 0 Å². The highest BCUT2D eigenvalue weighted by Crippen LogP contribution is 2.27. The molecule has 2 aromatic carbocycles. The van der Waals surface area contributed by atoms with Crippen LogP contribution in [0, 0.1) is 29.4 Å². The van der Waals surface area contributed by atoms with Crippen LogP contribution in [0.3, 0.4) is 0 Å². The number of para-hydroxylation sites is 1. The van der Waals surface area contributed by atoms with Gasteiger partial charge in [0.25, 0.3) is 11.9 Å². The number of pyridine rings is 1. The van der Waals surface area contributed by atoms with Crippen molar-refractivity contribution in [1.29, 1.82) is 0 Å². The summed E-state index contributed by atoms with van der Waals surface area (Å²) in [6, 6.07) is 13.7. The maximum atomic E-state index is 14.2. The summed E-state index contributed by atoms with van der Waals surface area (Å²) in [5.41, 5.74) is 1.26. The van der Waals surface area contributed by atoms with Gasteiger partial charge in [0.15, 0.2) is 5.78 Å². The van der Waals surface area contributed by atoms with E-state index in [1.54, 1.807) is 38.1 Å². The second-order valence-corrected chi connectivity index (χ2v) is 8.63. The number of anilines is 2. The van der Waals surface area contributed by atoms with Crippen LogP contribution in [-0.2, 0) is 9.59 Å². The number of halogens is 4. The van der Waals surface area contributed by atoms with Crippen LogP contribution in [0.5, 0.6) is 0 Å². The predicted molar refractivity (Wildman–Crippen MR) is 127 cm³/mol. The smallest absolute Gasteiger partial charge is 0.253 e. The molecule has 3 aromatic rings. The van der Waals surface area contributed by atoms with E-state index in [4.69, 9.17) is 0 Å². The van der Waals surface area contributed by atoms with Crippen molar-refractivity contribution >= 4 is 28.8 Å². The zero-order chi connectivity index (χ0) is 26.0. The molecule has 10 heteroatoms. The lowest BCUT2D eigenvalue weighted by Gasteiger charge is -2.24. The molecule has 0 bridgehead atoms. The summed E-state index contributed by atoms with van der Waals surface area (Å²) in [5.74, 6) is -8.90. The summed E-state index contributed by atoms with van der Waals surface area (Å²) in [5, 5.41) is 5.05. The van der Waals surface area contributed by atoms with Crippen LogP contribution in [0.4, 0.5) is 28.9 Å². The number of aliphatic imine (C=N–C) groups is 1. The van der Waals surface area contributed by atoms with Gasteiger partial charge in [-0.25, -0.2) is 0 Å². The molecular formula is C26H22F4N4O2. The first-order valence-electron chi connectivity index (χ1n) is 11.2. The van der Waals surface area contributed by atoms with Crippen molar-refractivity contribution in [2.75, 3.05) is 10.6 Å². The van der Waals surface area contributed by atoms with Crippen molar-refractivity contribution in [2.45, 2.75) is 32.4 Å². The van der Waals surface area contributed by atoms with Gasteiger partial charge in [-0.15, -0.1) is 0 Å². The monoisotopic (exact) mass is 498 g/mol. The summed E-state index contributed by atoms with van der Waals surface area (Å²) in [6.07, 6.45) is -0.425. The molecule has 186 valence electrons. The molecule has 2 N–H and O–H groups in total. The van der Waals surface area contributed by atoms with Gasteiger partial charge in [0, 0.05) is 17.5 Å². The third-order valence-corrected chi connectivity index (χ3v) is 5.78. The average molecular weight is 498 g/mol. The van der Waals surface area contributed by atoms with Crippen molar-refractivity contribution in [3.05, 3.63) is 89.3 Å². The van der Waals surface area contributed by atoms with Gasteiger partial charge in [-0.05, 0) is 12.0 Å². The van der Waals surface area contributed by atoms with E-state index in [0.717, 1.165) is 5.56 Å². The molecule has 1 amide bonds. The minimum Gasteiger partial charge on any atom is -0.370 e. The second kappa shape index (κ2) is 10.3. The Balaban J connectivity index is 1.68. The average Bonchev–Trinajstić information content (AvgIpc) is 2.99. The van der Waals surface area contributed by atoms with Gasteiger partial charge in [-0.2, -0.15) is 22.5 Å². The molecule has 1 aromatic heterocycles. The first kappa shape index (κ1) is 25.0. The highest BCUT2D eigenvalue weighted by molar-refractivity contribution is 6.20. The molecule has 0 fully saturated rings. The van der Waals surface area contributed by atoms with Crippen LogP contribution >= 0.6 is 0 Å². The third-order valence-electron chi connectivity index (χ3n) is 5.78. The molecule has 0 saturated heterocycles. The lowest BCUT2D eigenvalue weighted by Crippen LogP contribution is -2.39. The largest absolute Gasteiger partial charge is 0.370 e. The molecule has 1 aliphatic heterocycles. The number of rotatable bonds is 7. The molecule has 1 unspecified atom stereocenters. The Kier molecular flexibility index (Phi) is 7.14. The molecule has 4 rings (SSSR count). The standard InChI is InChI=1S/C26H22F4N4O2/c1-13(2)21(33-23-19(27)24(29)34-25(30)20(23)28)18(35)12-17-26(36)32-16-11-7-6-10-15(16)22(31-17)14-8-4-3-5-9-14/h3-11,13,17,21H,12H2,1-2H3,(H,32,36)(H,33,34)/t17?,21-/m0/s1. The van der Waals surface area contributed by atoms with Crippen LogP contribution in [0.1, 0.15) is 31.4 Å².